The molecule has 0 aromatic heterocycles. The summed E-state index contributed by atoms with van der Waals surface area (Å²) in [6.45, 7) is 0.739. The second-order valence-electron chi connectivity index (χ2n) is 4.00. The number of nitrogen functional groups attached to an aromatic ring is 1. The Bertz CT molecular complexity index is 597. The van der Waals surface area contributed by atoms with E-state index >= 15 is 0 Å². The molecule has 0 spiro atoms. The third-order valence-corrected chi connectivity index (χ3v) is 5.66. The summed E-state index contributed by atoms with van der Waals surface area (Å²) in [5.74, 6) is 1.39. The average Bonchev–Trinajstić information content (AvgIpc) is 2.39. The first-order valence-corrected chi connectivity index (χ1v) is 8.14. The van der Waals surface area contributed by atoms with Gasteiger partial charge in [-0.25, -0.2) is 8.42 Å². The zero-order valence-corrected chi connectivity index (χ0v) is 11.6. The standard InChI is InChI=1S/C10H13N3O4S2/c11-8-1-2-10(9(7-8)13(14)15)19(16,17)12-3-5-18-6-4-12/h1-2,7H,3-6,11H2. The zero-order valence-electron chi connectivity index (χ0n) is 9.98. The van der Waals surface area contributed by atoms with E-state index in [-0.39, 0.29) is 10.6 Å². The molecule has 0 saturated carbocycles. The number of hydrogen-bond acceptors (Lipinski definition) is 6. The van der Waals surface area contributed by atoms with Crippen molar-refractivity contribution in [2.45, 2.75) is 4.90 Å². The molecule has 1 saturated heterocycles. The van der Waals surface area contributed by atoms with Crippen LogP contribution < -0.4 is 5.73 Å². The van der Waals surface area contributed by atoms with Gasteiger partial charge in [0.2, 0.25) is 10.0 Å². The van der Waals surface area contributed by atoms with Gasteiger partial charge in [-0.2, -0.15) is 16.1 Å². The molecule has 7 nitrogen and oxygen atoms in total. The molecule has 1 aromatic rings. The summed E-state index contributed by atoms with van der Waals surface area (Å²) in [6.07, 6.45) is 0. The third-order valence-electron chi connectivity index (χ3n) is 2.77. The van der Waals surface area contributed by atoms with Crippen LogP contribution in [0.2, 0.25) is 0 Å². The highest BCUT2D eigenvalue weighted by Gasteiger charge is 2.32. The summed E-state index contributed by atoms with van der Waals surface area (Å²) < 4.78 is 26.1. The molecule has 19 heavy (non-hydrogen) atoms. The number of anilines is 1. The molecule has 9 heteroatoms. The van der Waals surface area contributed by atoms with E-state index in [2.05, 4.69) is 0 Å². The second kappa shape index (κ2) is 5.35. The first-order valence-electron chi connectivity index (χ1n) is 5.55. The van der Waals surface area contributed by atoms with Crippen molar-refractivity contribution in [2.75, 3.05) is 30.3 Å². The van der Waals surface area contributed by atoms with Gasteiger partial charge in [-0.05, 0) is 12.1 Å². The Morgan fingerprint density at radius 1 is 1.32 bits per heavy atom. The maximum atomic E-state index is 12.4. The fraction of sp³-hybridized carbons (Fsp3) is 0.400. The molecule has 0 radical (unpaired) electrons. The van der Waals surface area contributed by atoms with Crippen LogP contribution in [-0.4, -0.2) is 42.2 Å². The molecule has 0 atom stereocenters. The van der Waals surface area contributed by atoms with E-state index in [0.717, 1.165) is 6.07 Å². The quantitative estimate of drug-likeness (QED) is 0.505. The SMILES string of the molecule is Nc1ccc(S(=O)(=O)N2CCSCC2)c([N+](=O)[O-])c1. The molecule has 0 amide bonds. The van der Waals surface area contributed by atoms with Gasteiger partial charge in [0.15, 0.2) is 4.90 Å². The zero-order chi connectivity index (χ0) is 14.0. The van der Waals surface area contributed by atoms with Crippen LogP contribution in [0.15, 0.2) is 23.1 Å². The number of nitro benzene ring substituents is 1. The molecular formula is C10H13N3O4S2. The van der Waals surface area contributed by atoms with E-state index in [1.54, 1.807) is 11.8 Å². The Morgan fingerprint density at radius 3 is 2.53 bits per heavy atom. The van der Waals surface area contributed by atoms with Crippen LogP contribution in [0.1, 0.15) is 0 Å². The van der Waals surface area contributed by atoms with E-state index in [9.17, 15) is 18.5 Å². The molecule has 0 aliphatic carbocycles. The van der Waals surface area contributed by atoms with Crippen molar-refractivity contribution in [2.24, 2.45) is 0 Å². The van der Waals surface area contributed by atoms with E-state index in [1.165, 1.54) is 16.4 Å². The highest BCUT2D eigenvalue weighted by Crippen LogP contribution is 2.29. The number of nitro groups is 1. The molecule has 1 aliphatic rings. The Morgan fingerprint density at radius 2 is 1.95 bits per heavy atom. The molecule has 1 aliphatic heterocycles. The van der Waals surface area contributed by atoms with Gasteiger partial charge in [-0.3, -0.25) is 10.1 Å². The van der Waals surface area contributed by atoms with Crippen LogP contribution in [-0.2, 0) is 10.0 Å². The van der Waals surface area contributed by atoms with Crippen molar-refractivity contribution >= 4 is 33.2 Å². The molecule has 1 fully saturated rings. The number of thioether (sulfide) groups is 1. The fourth-order valence-corrected chi connectivity index (χ4v) is 4.53. The summed E-state index contributed by atoms with van der Waals surface area (Å²) in [7, 11) is -3.83. The third kappa shape index (κ3) is 2.82. The van der Waals surface area contributed by atoms with Gasteiger partial charge in [0.05, 0.1) is 4.92 Å². The van der Waals surface area contributed by atoms with Crippen LogP contribution in [0, 0.1) is 10.1 Å². The highest BCUT2D eigenvalue weighted by atomic mass is 32.2. The number of hydrogen-bond donors (Lipinski definition) is 1. The van der Waals surface area contributed by atoms with E-state index in [4.69, 9.17) is 5.73 Å². The lowest BCUT2D eigenvalue weighted by atomic mass is 10.3. The minimum atomic E-state index is -3.83. The smallest absolute Gasteiger partial charge is 0.291 e. The van der Waals surface area contributed by atoms with Gasteiger partial charge in [-0.1, -0.05) is 0 Å². The lowest BCUT2D eigenvalue weighted by Gasteiger charge is -2.25. The van der Waals surface area contributed by atoms with Crippen molar-refractivity contribution in [3.8, 4) is 0 Å². The largest absolute Gasteiger partial charge is 0.399 e. The Labute approximate surface area is 115 Å². The highest BCUT2D eigenvalue weighted by molar-refractivity contribution is 7.99. The fourth-order valence-electron chi connectivity index (χ4n) is 1.82. The Balaban J connectivity index is 2.48. The summed E-state index contributed by atoms with van der Waals surface area (Å²) in [4.78, 5) is 9.95. The van der Waals surface area contributed by atoms with Gasteiger partial charge < -0.3 is 5.73 Å². The number of benzene rings is 1. The number of nitrogens with zero attached hydrogens (tertiary/aromatic N) is 2. The maximum Gasteiger partial charge on any atom is 0.291 e. The van der Waals surface area contributed by atoms with E-state index in [1.807, 2.05) is 0 Å². The van der Waals surface area contributed by atoms with Crippen LogP contribution >= 0.6 is 11.8 Å². The van der Waals surface area contributed by atoms with Crippen molar-refractivity contribution in [3.63, 3.8) is 0 Å². The van der Waals surface area contributed by atoms with Crippen LogP contribution in [0.4, 0.5) is 11.4 Å². The van der Waals surface area contributed by atoms with Crippen molar-refractivity contribution in [1.29, 1.82) is 0 Å². The summed E-state index contributed by atoms with van der Waals surface area (Å²) >= 11 is 1.66. The maximum absolute atomic E-state index is 12.4. The van der Waals surface area contributed by atoms with Gasteiger partial charge in [0.25, 0.3) is 5.69 Å². The number of nitrogens with two attached hydrogens (primary N) is 1. The minimum absolute atomic E-state index is 0.167. The molecule has 2 rings (SSSR count). The topological polar surface area (TPSA) is 107 Å². The molecular weight excluding hydrogens is 290 g/mol. The summed E-state index contributed by atoms with van der Waals surface area (Å²) in [6, 6.07) is 3.63. The van der Waals surface area contributed by atoms with E-state index in [0.29, 0.717) is 24.6 Å². The number of sulfonamides is 1. The Kier molecular flexibility index (Phi) is 3.97. The molecule has 2 N–H and O–H groups in total. The first kappa shape index (κ1) is 14.1. The van der Waals surface area contributed by atoms with Crippen molar-refractivity contribution in [3.05, 3.63) is 28.3 Å². The van der Waals surface area contributed by atoms with Crippen LogP contribution in [0.5, 0.6) is 0 Å². The number of rotatable bonds is 3. The predicted octanol–water partition coefficient (Wildman–Crippen LogP) is 0.915. The van der Waals surface area contributed by atoms with Gasteiger partial charge >= 0.3 is 0 Å². The average molecular weight is 303 g/mol. The van der Waals surface area contributed by atoms with Gasteiger partial charge in [0.1, 0.15) is 0 Å². The molecule has 104 valence electrons. The molecule has 0 unspecified atom stereocenters. The van der Waals surface area contributed by atoms with E-state index < -0.39 is 20.6 Å². The van der Waals surface area contributed by atoms with Crippen molar-refractivity contribution in [1.82, 2.24) is 4.31 Å². The minimum Gasteiger partial charge on any atom is -0.399 e. The normalized spacial score (nSPS) is 17.3. The molecule has 1 aromatic carbocycles. The Hall–Kier alpha value is -1.32. The van der Waals surface area contributed by atoms with Gasteiger partial charge in [0, 0.05) is 36.3 Å². The van der Waals surface area contributed by atoms with Crippen LogP contribution in [0.3, 0.4) is 0 Å². The van der Waals surface area contributed by atoms with Crippen LogP contribution in [0.25, 0.3) is 0 Å². The second-order valence-corrected chi connectivity index (χ2v) is 7.13. The predicted molar refractivity (Wildman–Crippen MR) is 73.6 cm³/mol. The summed E-state index contributed by atoms with van der Waals surface area (Å²) in [5.41, 5.74) is 5.16. The van der Waals surface area contributed by atoms with Gasteiger partial charge in [-0.15, -0.1) is 0 Å². The van der Waals surface area contributed by atoms with Crippen molar-refractivity contribution < 1.29 is 13.3 Å². The first-order chi connectivity index (χ1) is 8.93. The lowest BCUT2D eigenvalue weighted by molar-refractivity contribution is -0.387. The summed E-state index contributed by atoms with van der Waals surface area (Å²) in [5, 5.41) is 11.0. The lowest BCUT2D eigenvalue weighted by Crippen LogP contribution is -2.38. The molecule has 1 heterocycles. The monoisotopic (exact) mass is 303 g/mol. The molecule has 0 bridgehead atoms.